The van der Waals surface area contributed by atoms with Crippen LogP contribution < -0.4 is 18.9 Å². The Labute approximate surface area is 175 Å². The highest BCUT2D eigenvalue weighted by molar-refractivity contribution is 5.86. The van der Waals surface area contributed by atoms with Crippen LogP contribution in [0.5, 0.6) is 23.1 Å². The molecule has 0 saturated carbocycles. The lowest BCUT2D eigenvalue weighted by Crippen LogP contribution is -2.10. The van der Waals surface area contributed by atoms with Crippen molar-refractivity contribution in [2.45, 2.75) is 12.8 Å². The highest BCUT2D eigenvalue weighted by Gasteiger charge is 2.27. The van der Waals surface area contributed by atoms with Gasteiger partial charge in [0.1, 0.15) is 11.6 Å². The van der Waals surface area contributed by atoms with Gasteiger partial charge in [0.15, 0.2) is 11.5 Å². The molecule has 3 aromatic rings. The number of ether oxygens (including phenoxy) is 4. The molecule has 0 N–H and O–H groups in total. The standard InChI is InChI=1S/C24H22N2O4/c1-27-19-11-15(12-20(28-2)23(19)29-3)21-17-10-9-14-7-5-6-8-16(14)22(17)26-24(30-4)18(21)13-25/h5-8,11-12H,9-10H2,1-4H3. The van der Waals surface area contributed by atoms with Crippen LogP contribution in [0.4, 0.5) is 0 Å². The molecule has 6 heteroatoms. The van der Waals surface area contributed by atoms with Crippen molar-refractivity contribution in [1.29, 1.82) is 5.26 Å². The van der Waals surface area contributed by atoms with Gasteiger partial charge in [0.05, 0.1) is 34.1 Å². The molecule has 0 spiro atoms. The third kappa shape index (κ3) is 3.00. The Balaban J connectivity index is 2.08. The van der Waals surface area contributed by atoms with Gasteiger partial charge in [0, 0.05) is 11.1 Å². The van der Waals surface area contributed by atoms with E-state index in [9.17, 15) is 5.26 Å². The summed E-state index contributed by atoms with van der Waals surface area (Å²) in [5.41, 5.74) is 6.13. The predicted octanol–water partition coefficient (Wildman–Crippen LogP) is 4.42. The molecule has 0 unspecified atom stereocenters. The number of benzene rings is 2. The molecular formula is C24H22N2O4. The molecule has 0 aliphatic heterocycles. The lowest BCUT2D eigenvalue weighted by molar-refractivity contribution is 0.324. The van der Waals surface area contributed by atoms with Crippen molar-refractivity contribution in [1.82, 2.24) is 4.98 Å². The molecule has 0 saturated heterocycles. The largest absolute Gasteiger partial charge is 0.493 e. The summed E-state index contributed by atoms with van der Waals surface area (Å²) < 4.78 is 22.0. The first kappa shape index (κ1) is 19.6. The Morgan fingerprint density at radius 2 is 1.60 bits per heavy atom. The third-order valence-corrected chi connectivity index (χ3v) is 5.44. The molecule has 1 aliphatic carbocycles. The zero-order valence-corrected chi connectivity index (χ0v) is 17.4. The van der Waals surface area contributed by atoms with Gasteiger partial charge in [-0.2, -0.15) is 5.26 Å². The fourth-order valence-electron chi connectivity index (χ4n) is 4.09. The normalized spacial score (nSPS) is 11.7. The van der Waals surface area contributed by atoms with Crippen LogP contribution in [0, 0.1) is 11.3 Å². The first-order valence-electron chi connectivity index (χ1n) is 9.56. The maximum atomic E-state index is 9.99. The highest BCUT2D eigenvalue weighted by atomic mass is 16.5. The molecule has 1 aliphatic rings. The van der Waals surface area contributed by atoms with Crippen LogP contribution in [0.15, 0.2) is 36.4 Å². The van der Waals surface area contributed by atoms with Gasteiger partial charge in [-0.25, -0.2) is 4.98 Å². The summed E-state index contributed by atoms with van der Waals surface area (Å²) in [5.74, 6) is 1.85. The molecule has 30 heavy (non-hydrogen) atoms. The quantitative estimate of drug-likeness (QED) is 0.629. The Hall–Kier alpha value is -3.72. The van der Waals surface area contributed by atoms with Crippen LogP contribution in [0.3, 0.4) is 0 Å². The molecule has 2 aromatic carbocycles. The summed E-state index contributed by atoms with van der Waals surface area (Å²) in [7, 11) is 6.24. The van der Waals surface area contributed by atoms with E-state index in [-0.39, 0.29) is 0 Å². The van der Waals surface area contributed by atoms with Crippen LogP contribution in [0.1, 0.15) is 16.7 Å². The number of fused-ring (bicyclic) bond motifs is 3. The highest BCUT2D eigenvalue weighted by Crippen LogP contribution is 2.46. The van der Waals surface area contributed by atoms with Crippen LogP contribution in [0.2, 0.25) is 0 Å². The van der Waals surface area contributed by atoms with Crippen LogP contribution in [-0.4, -0.2) is 33.4 Å². The first-order valence-corrected chi connectivity index (χ1v) is 9.56. The number of hydrogen-bond donors (Lipinski definition) is 0. The van der Waals surface area contributed by atoms with E-state index < -0.39 is 0 Å². The third-order valence-electron chi connectivity index (χ3n) is 5.44. The molecular weight excluding hydrogens is 380 g/mol. The summed E-state index contributed by atoms with van der Waals surface area (Å²) in [6.07, 6.45) is 1.64. The Kier molecular flexibility index (Phi) is 5.20. The zero-order chi connectivity index (χ0) is 21.3. The number of methoxy groups -OCH3 is 4. The van der Waals surface area contributed by atoms with Gasteiger partial charge in [-0.1, -0.05) is 24.3 Å². The second-order valence-corrected chi connectivity index (χ2v) is 6.88. The van der Waals surface area contributed by atoms with E-state index in [0.29, 0.717) is 28.7 Å². The number of aromatic nitrogens is 1. The Bertz CT molecular complexity index is 1140. The van der Waals surface area contributed by atoms with Crippen molar-refractivity contribution in [3.63, 3.8) is 0 Å². The molecule has 1 aromatic heterocycles. The van der Waals surface area contributed by atoms with Crippen molar-refractivity contribution >= 4 is 0 Å². The maximum absolute atomic E-state index is 9.99. The second-order valence-electron chi connectivity index (χ2n) is 6.88. The van der Waals surface area contributed by atoms with Gasteiger partial charge >= 0.3 is 0 Å². The van der Waals surface area contributed by atoms with Gasteiger partial charge in [0.25, 0.3) is 0 Å². The van der Waals surface area contributed by atoms with E-state index in [1.807, 2.05) is 24.3 Å². The van der Waals surface area contributed by atoms with Gasteiger partial charge in [-0.3, -0.25) is 0 Å². The zero-order valence-electron chi connectivity index (χ0n) is 17.4. The predicted molar refractivity (Wildman–Crippen MR) is 113 cm³/mol. The summed E-state index contributed by atoms with van der Waals surface area (Å²) in [4.78, 5) is 4.72. The number of nitriles is 1. The van der Waals surface area contributed by atoms with E-state index in [0.717, 1.165) is 40.8 Å². The molecule has 0 radical (unpaired) electrons. The fourth-order valence-corrected chi connectivity index (χ4v) is 4.09. The van der Waals surface area contributed by atoms with Gasteiger partial charge in [-0.05, 0) is 41.7 Å². The summed E-state index contributed by atoms with van der Waals surface area (Å²) in [5, 5.41) is 9.99. The number of rotatable bonds is 5. The second kappa shape index (κ2) is 7.96. The van der Waals surface area contributed by atoms with Crippen molar-refractivity contribution in [3.8, 4) is 51.6 Å². The molecule has 0 amide bonds. The number of aryl methyl sites for hydroxylation is 1. The SMILES string of the molecule is COc1cc(-c2c(C#N)c(OC)nc3c2CCc2ccccc2-3)cc(OC)c1OC. The van der Waals surface area contributed by atoms with Crippen molar-refractivity contribution in [3.05, 3.63) is 53.1 Å². The summed E-state index contributed by atoms with van der Waals surface area (Å²) >= 11 is 0. The minimum absolute atomic E-state index is 0.303. The van der Waals surface area contributed by atoms with Crippen LogP contribution in [0.25, 0.3) is 22.4 Å². The lowest BCUT2D eigenvalue weighted by atomic mass is 9.83. The van der Waals surface area contributed by atoms with E-state index in [1.165, 1.54) is 12.7 Å². The van der Waals surface area contributed by atoms with Crippen LogP contribution >= 0.6 is 0 Å². The number of nitrogens with zero attached hydrogens (tertiary/aromatic N) is 2. The molecule has 4 rings (SSSR count). The maximum Gasteiger partial charge on any atom is 0.232 e. The van der Waals surface area contributed by atoms with Crippen molar-refractivity contribution in [2.75, 3.05) is 28.4 Å². The molecule has 6 nitrogen and oxygen atoms in total. The van der Waals surface area contributed by atoms with E-state index >= 15 is 0 Å². The van der Waals surface area contributed by atoms with Crippen molar-refractivity contribution < 1.29 is 18.9 Å². The topological polar surface area (TPSA) is 73.6 Å². The number of hydrogen-bond acceptors (Lipinski definition) is 6. The van der Waals surface area contributed by atoms with E-state index in [2.05, 4.69) is 18.2 Å². The van der Waals surface area contributed by atoms with E-state index in [1.54, 1.807) is 21.3 Å². The summed E-state index contributed by atoms with van der Waals surface area (Å²) in [6, 6.07) is 14.2. The fraction of sp³-hybridized carbons (Fsp3) is 0.250. The monoisotopic (exact) mass is 402 g/mol. The van der Waals surface area contributed by atoms with Gasteiger partial charge < -0.3 is 18.9 Å². The molecule has 0 atom stereocenters. The van der Waals surface area contributed by atoms with Gasteiger partial charge in [-0.15, -0.1) is 0 Å². The Morgan fingerprint density at radius 1 is 0.900 bits per heavy atom. The molecule has 0 bridgehead atoms. The Morgan fingerprint density at radius 3 is 2.20 bits per heavy atom. The number of pyridine rings is 1. The van der Waals surface area contributed by atoms with Gasteiger partial charge in [0.2, 0.25) is 11.6 Å². The lowest BCUT2D eigenvalue weighted by Gasteiger charge is -2.24. The van der Waals surface area contributed by atoms with Crippen molar-refractivity contribution in [2.24, 2.45) is 0 Å². The summed E-state index contributed by atoms with van der Waals surface area (Å²) in [6.45, 7) is 0. The average molecular weight is 402 g/mol. The van der Waals surface area contributed by atoms with Crippen LogP contribution in [-0.2, 0) is 12.8 Å². The first-order chi connectivity index (χ1) is 14.7. The minimum atomic E-state index is 0.303. The molecule has 152 valence electrons. The molecule has 0 fully saturated rings. The van der Waals surface area contributed by atoms with E-state index in [4.69, 9.17) is 23.9 Å². The molecule has 1 heterocycles. The minimum Gasteiger partial charge on any atom is -0.493 e. The smallest absolute Gasteiger partial charge is 0.232 e. The average Bonchev–Trinajstić information content (AvgIpc) is 2.81.